The van der Waals surface area contributed by atoms with E-state index in [4.69, 9.17) is 4.74 Å². The van der Waals surface area contributed by atoms with Crippen LogP contribution in [-0.2, 0) is 9.53 Å². The maximum Gasteiger partial charge on any atom is 0.229 e. The second-order valence-electron chi connectivity index (χ2n) is 5.18. The van der Waals surface area contributed by atoms with Crippen LogP contribution in [0.4, 0.5) is 5.13 Å². The van der Waals surface area contributed by atoms with Gasteiger partial charge in [-0.25, -0.2) is 4.98 Å². The van der Waals surface area contributed by atoms with Gasteiger partial charge < -0.3 is 10.1 Å². The molecule has 1 N–H and O–H groups in total. The highest BCUT2D eigenvalue weighted by Gasteiger charge is 2.22. The number of thiazole rings is 1. The van der Waals surface area contributed by atoms with Gasteiger partial charge in [0.05, 0.1) is 10.6 Å². The molecular weight excluding hydrogens is 284 g/mol. The molecule has 0 radical (unpaired) electrons. The number of carbonyl (C=O) groups is 1. The van der Waals surface area contributed by atoms with Crippen molar-refractivity contribution in [2.75, 3.05) is 18.5 Å². The van der Waals surface area contributed by atoms with Gasteiger partial charge in [-0.3, -0.25) is 4.79 Å². The Morgan fingerprint density at radius 2 is 2.00 bits per heavy atom. The largest absolute Gasteiger partial charge is 0.381 e. The molecule has 0 saturated carbocycles. The molecule has 0 bridgehead atoms. The molecule has 1 aliphatic rings. The number of aromatic nitrogens is 1. The molecule has 0 atom stereocenters. The lowest BCUT2D eigenvalue weighted by atomic mass is 10.00. The van der Waals surface area contributed by atoms with Crippen LogP contribution in [0.3, 0.4) is 0 Å². The molecule has 0 spiro atoms. The fourth-order valence-corrected chi connectivity index (χ4v) is 3.45. The van der Waals surface area contributed by atoms with Crippen molar-refractivity contribution in [1.82, 2.24) is 4.98 Å². The van der Waals surface area contributed by atoms with E-state index in [1.54, 1.807) is 0 Å². The van der Waals surface area contributed by atoms with Crippen molar-refractivity contribution in [3.05, 3.63) is 36.0 Å². The molecule has 0 aliphatic carbocycles. The lowest BCUT2D eigenvalue weighted by Gasteiger charge is -2.20. The van der Waals surface area contributed by atoms with Gasteiger partial charge in [-0.1, -0.05) is 41.7 Å². The number of nitrogens with one attached hydrogen (secondary N) is 1. The molecule has 1 saturated heterocycles. The maximum absolute atomic E-state index is 12.2. The molecule has 1 aromatic carbocycles. The van der Waals surface area contributed by atoms with Crippen molar-refractivity contribution >= 4 is 22.4 Å². The lowest BCUT2D eigenvalue weighted by molar-refractivity contribution is -0.122. The zero-order chi connectivity index (χ0) is 14.7. The third-order valence-electron chi connectivity index (χ3n) is 3.65. The fraction of sp³-hybridized carbons (Fsp3) is 0.375. The normalized spacial score (nSPS) is 15.9. The van der Waals surface area contributed by atoms with Crippen LogP contribution in [0.25, 0.3) is 10.4 Å². The second-order valence-corrected chi connectivity index (χ2v) is 6.17. The third kappa shape index (κ3) is 3.31. The summed E-state index contributed by atoms with van der Waals surface area (Å²) in [5.74, 6) is 0.106. The van der Waals surface area contributed by atoms with Gasteiger partial charge in [0.1, 0.15) is 0 Å². The van der Waals surface area contributed by atoms with Gasteiger partial charge in [0, 0.05) is 19.1 Å². The van der Waals surface area contributed by atoms with Crippen molar-refractivity contribution in [3.63, 3.8) is 0 Å². The number of carbonyl (C=O) groups excluding carboxylic acids is 1. The van der Waals surface area contributed by atoms with Crippen LogP contribution in [0.2, 0.25) is 0 Å². The van der Waals surface area contributed by atoms with Gasteiger partial charge in [0.2, 0.25) is 5.91 Å². The van der Waals surface area contributed by atoms with Crippen molar-refractivity contribution in [3.8, 4) is 10.4 Å². The predicted molar refractivity (Wildman–Crippen MR) is 84.5 cm³/mol. The molecule has 2 aromatic rings. The maximum atomic E-state index is 12.2. The lowest BCUT2D eigenvalue weighted by Crippen LogP contribution is -2.28. The number of hydrogen-bond acceptors (Lipinski definition) is 4. The Balaban J connectivity index is 1.73. The Morgan fingerprint density at radius 1 is 1.29 bits per heavy atom. The number of benzene rings is 1. The van der Waals surface area contributed by atoms with E-state index in [0.717, 1.165) is 29.0 Å². The number of rotatable bonds is 3. The zero-order valence-corrected chi connectivity index (χ0v) is 12.8. The van der Waals surface area contributed by atoms with Crippen LogP contribution in [0.1, 0.15) is 18.5 Å². The van der Waals surface area contributed by atoms with Gasteiger partial charge in [-0.05, 0) is 25.3 Å². The highest BCUT2D eigenvalue weighted by atomic mass is 32.1. The van der Waals surface area contributed by atoms with Gasteiger partial charge in [0.15, 0.2) is 5.13 Å². The Kier molecular flexibility index (Phi) is 4.31. The third-order valence-corrected chi connectivity index (χ3v) is 4.78. The van der Waals surface area contributed by atoms with Crippen LogP contribution >= 0.6 is 11.3 Å². The molecule has 0 unspecified atom stereocenters. The summed E-state index contributed by atoms with van der Waals surface area (Å²) in [6, 6.07) is 10.1. The summed E-state index contributed by atoms with van der Waals surface area (Å²) < 4.78 is 5.29. The second kappa shape index (κ2) is 6.37. The first-order valence-corrected chi connectivity index (χ1v) is 7.97. The van der Waals surface area contributed by atoms with E-state index < -0.39 is 0 Å². The highest BCUT2D eigenvalue weighted by molar-refractivity contribution is 7.19. The number of amides is 1. The molecule has 21 heavy (non-hydrogen) atoms. The standard InChI is InChI=1S/C16H18N2O2S/c1-11-14(12-5-3-2-4-6-12)21-16(17-11)18-15(19)13-7-9-20-10-8-13/h2-6,13H,7-10H2,1H3,(H,17,18,19). The van der Waals surface area contributed by atoms with Crippen molar-refractivity contribution in [2.24, 2.45) is 5.92 Å². The quantitative estimate of drug-likeness (QED) is 0.944. The fourth-order valence-electron chi connectivity index (χ4n) is 2.47. The SMILES string of the molecule is Cc1nc(NC(=O)C2CCOCC2)sc1-c1ccccc1. The van der Waals surface area contributed by atoms with Crippen molar-refractivity contribution in [2.45, 2.75) is 19.8 Å². The average molecular weight is 302 g/mol. The number of hydrogen-bond donors (Lipinski definition) is 1. The molecule has 1 amide bonds. The number of anilines is 1. The minimum atomic E-state index is 0.0446. The summed E-state index contributed by atoms with van der Waals surface area (Å²) in [5.41, 5.74) is 2.09. The molecule has 1 aromatic heterocycles. The van der Waals surface area contributed by atoms with Gasteiger partial charge >= 0.3 is 0 Å². The van der Waals surface area contributed by atoms with Crippen LogP contribution in [-0.4, -0.2) is 24.1 Å². The molecule has 1 aliphatic heterocycles. The molecule has 2 heterocycles. The Labute approximate surface area is 128 Å². The molecular formula is C16H18N2O2S. The van der Waals surface area contributed by atoms with Crippen LogP contribution in [0.5, 0.6) is 0 Å². The first-order chi connectivity index (χ1) is 10.2. The average Bonchev–Trinajstić information content (AvgIpc) is 2.89. The predicted octanol–water partition coefficient (Wildman–Crippen LogP) is 3.48. The van der Waals surface area contributed by atoms with Crippen molar-refractivity contribution < 1.29 is 9.53 Å². The Hall–Kier alpha value is -1.72. The summed E-state index contributed by atoms with van der Waals surface area (Å²) in [6.07, 6.45) is 1.59. The Bertz CT molecular complexity index is 618. The molecule has 4 nitrogen and oxygen atoms in total. The number of aryl methyl sites for hydroxylation is 1. The molecule has 5 heteroatoms. The van der Waals surface area contributed by atoms with Crippen LogP contribution in [0, 0.1) is 12.8 Å². The van der Waals surface area contributed by atoms with E-state index in [-0.39, 0.29) is 11.8 Å². The minimum Gasteiger partial charge on any atom is -0.381 e. The summed E-state index contributed by atoms with van der Waals surface area (Å²) in [7, 11) is 0. The van der Waals surface area contributed by atoms with E-state index in [9.17, 15) is 4.79 Å². The topological polar surface area (TPSA) is 51.2 Å². The van der Waals surface area contributed by atoms with E-state index in [1.807, 2.05) is 25.1 Å². The number of nitrogens with zero attached hydrogens (tertiary/aromatic N) is 1. The monoisotopic (exact) mass is 302 g/mol. The minimum absolute atomic E-state index is 0.0446. The Morgan fingerprint density at radius 3 is 2.71 bits per heavy atom. The summed E-state index contributed by atoms with van der Waals surface area (Å²) in [6.45, 7) is 3.32. The van der Waals surface area contributed by atoms with Crippen LogP contribution < -0.4 is 5.32 Å². The molecule has 110 valence electrons. The van der Waals surface area contributed by atoms with E-state index in [1.165, 1.54) is 11.3 Å². The van der Waals surface area contributed by atoms with Gasteiger partial charge in [0.25, 0.3) is 0 Å². The highest BCUT2D eigenvalue weighted by Crippen LogP contribution is 2.32. The summed E-state index contributed by atoms with van der Waals surface area (Å²) in [4.78, 5) is 17.8. The van der Waals surface area contributed by atoms with Gasteiger partial charge in [-0.15, -0.1) is 0 Å². The molecule has 3 rings (SSSR count). The van der Waals surface area contributed by atoms with E-state index >= 15 is 0 Å². The van der Waals surface area contributed by atoms with Gasteiger partial charge in [-0.2, -0.15) is 0 Å². The summed E-state index contributed by atoms with van der Waals surface area (Å²) in [5, 5.41) is 3.64. The van der Waals surface area contributed by atoms with E-state index in [2.05, 4.69) is 22.4 Å². The molecule has 1 fully saturated rings. The first kappa shape index (κ1) is 14.2. The van der Waals surface area contributed by atoms with Crippen LogP contribution in [0.15, 0.2) is 30.3 Å². The smallest absolute Gasteiger partial charge is 0.229 e. The summed E-state index contributed by atoms with van der Waals surface area (Å²) >= 11 is 1.53. The van der Waals surface area contributed by atoms with Crippen molar-refractivity contribution in [1.29, 1.82) is 0 Å². The first-order valence-electron chi connectivity index (χ1n) is 7.15. The number of ether oxygens (including phenoxy) is 1. The van der Waals surface area contributed by atoms with E-state index in [0.29, 0.717) is 18.3 Å². The zero-order valence-electron chi connectivity index (χ0n) is 12.0.